The van der Waals surface area contributed by atoms with Crippen LogP contribution in [-0.2, 0) is 4.74 Å². The smallest absolute Gasteiger partial charge is 0.342 e. The second kappa shape index (κ2) is 7.31. The van der Waals surface area contributed by atoms with Gasteiger partial charge in [0.05, 0.1) is 18.4 Å². The van der Waals surface area contributed by atoms with E-state index in [9.17, 15) is 14.7 Å². The molecule has 0 aromatic heterocycles. The molecule has 0 fully saturated rings. The van der Waals surface area contributed by atoms with Gasteiger partial charge in [0, 0.05) is 5.92 Å². The Morgan fingerprint density at radius 3 is 2.10 bits per heavy atom. The molecular formula is C23H19NO5. The third-order valence-electron chi connectivity index (χ3n) is 5.17. The van der Waals surface area contributed by atoms with Crippen LogP contribution in [0.3, 0.4) is 0 Å². The number of carbonyl (C=O) groups excluding carboxylic acids is 1. The Morgan fingerprint density at radius 2 is 1.55 bits per heavy atom. The minimum absolute atomic E-state index is 0.00197. The van der Waals surface area contributed by atoms with Gasteiger partial charge in [-0.05, 0) is 34.4 Å². The maximum atomic E-state index is 12.9. The van der Waals surface area contributed by atoms with E-state index in [1.807, 2.05) is 48.5 Å². The zero-order valence-corrected chi connectivity index (χ0v) is 15.7. The minimum Gasteiger partial charge on any atom is -0.494 e. The van der Waals surface area contributed by atoms with Gasteiger partial charge >= 0.3 is 11.9 Å². The zero-order valence-electron chi connectivity index (χ0n) is 15.7. The van der Waals surface area contributed by atoms with Crippen LogP contribution in [-0.4, -0.2) is 30.8 Å². The second-order valence-corrected chi connectivity index (χ2v) is 6.74. The highest BCUT2D eigenvalue weighted by Crippen LogP contribution is 2.44. The van der Waals surface area contributed by atoms with Crippen molar-refractivity contribution in [3.05, 3.63) is 82.9 Å². The number of methoxy groups -OCH3 is 1. The number of benzene rings is 3. The standard InChI is InChI=1S/C23H19NO5/c1-28-21-19(24)11-10-17(22(25)26)20(21)23(27)29-12-18-15-8-4-2-6-13(15)14-7-3-5-9-16(14)18/h2-11,18H,12,24H2,1H3,(H,25,26). The number of nitrogen functional groups attached to an aromatic ring is 1. The molecule has 1 aliphatic carbocycles. The topological polar surface area (TPSA) is 98.9 Å². The molecule has 0 saturated heterocycles. The Hall–Kier alpha value is -3.80. The van der Waals surface area contributed by atoms with Crippen molar-refractivity contribution in [3.8, 4) is 16.9 Å². The molecule has 0 amide bonds. The Morgan fingerprint density at radius 1 is 0.966 bits per heavy atom. The van der Waals surface area contributed by atoms with E-state index in [0.717, 1.165) is 22.3 Å². The summed E-state index contributed by atoms with van der Waals surface area (Å²) < 4.78 is 10.8. The fourth-order valence-corrected chi connectivity index (χ4v) is 3.87. The van der Waals surface area contributed by atoms with Crippen LogP contribution in [0.2, 0.25) is 0 Å². The highest BCUT2D eigenvalue weighted by atomic mass is 16.5. The molecule has 146 valence electrons. The maximum absolute atomic E-state index is 12.9. The van der Waals surface area contributed by atoms with Crippen molar-refractivity contribution in [2.45, 2.75) is 5.92 Å². The molecule has 0 aliphatic heterocycles. The van der Waals surface area contributed by atoms with E-state index in [-0.39, 0.29) is 35.1 Å². The first kappa shape index (κ1) is 18.6. The minimum atomic E-state index is -1.26. The number of anilines is 1. The van der Waals surface area contributed by atoms with E-state index in [4.69, 9.17) is 15.2 Å². The fourth-order valence-electron chi connectivity index (χ4n) is 3.87. The average Bonchev–Trinajstić information content (AvgIpc) is 3.05. The Balaban J connectivity index is 1.67. The first-order chi connectivity index (χ1) is 14.0. The number of ether oxygens (including phenoxy) is 2. The van der Waals surface area contributed by atoms with Gasteiger partial charge in [0.2, 0.25) is 0 Å². The summed E-state index contributed by atoms with van der Waals surface area (Å²) >= 11 is 0. The summed E-state index contributed by atoms with van der Waals surface area (Å²) in [6.07, 6.45) is 0. The molecule has 3 N–H and O–H groups in total. The van der Waals surface area contributed by atoms with Crippen molar-refractivity contribution < 1.29 is 24.2 Å². The molecule has 6 heteroatoms. The SMILES string of the molecule is COc1c(N)ccc(C(=O)O)c1C(=O)OCC1c2ccccc2-c2ccccc21. The van der Waals surface area contributed by atoms with Crippen molar-refractivity contribution in [3.63, 3.8) is 0 Å². The molecule has 0 saturated carbocycles. The van der Waals surface area contributed by atoms with Crippen molar-refractivity contribution in [1.82, 2.24) is 0 Å². The largest absolute Gasteiger partial charge is 0.494 e. The van der Waals surface area contributed by atoms with Gasteiger partial charge in [-0.3, -0.25) is 0 Å². The van der Waals surface area contributed by atoms with E-state index in [1.165, 1.54) is 19.2 Å². The molecule has 1 aliphatic rings. The molecule has 6 nitrogen and oxygen atoms in total. The summed E-state index contributed by atoms with van der Waals surface area (Å²) in [6.45, 7) is 0.0733. The number of fused-ring (bicyclic) bond motifs is 3. The van der Waals surface area contributed by atoms with Gasteiger partial charge in [-0.2, -0.15) is 0 Å². The molecule has 0 spiro atoms. The summed E-state index contributed by atoms with van der Waals surface area (Å²) in [5.74, 6) is -2.17. The molecule has 3 aromatic carbocycles. The van der Waals surface area contributed by atoms with E-state index in [2.05, 4.69) is 0 Å². The van der Waals surface area contributed by atoms with Crippen LogP contribution in [0.1, 0.15) is 37.8 Å². The maximum Gasteiger partial charge on any atom is 0.342 e. The van der Waals surface area contributed by atoms with Gasteiger partial charge in [0.1, 0.15) is 12.2 Å². The molecule has 3 aromatic rings. The van der Waals surface area contributed by atoms with Crippen molar-refractivity contribution in [1.29, 1.82) is 0 Å². The first-order valence-electron chi connectivity index (χ1n) is 9.08. The number of hydrogen-bond acceptors (Lipinski definition) is 5. The van der Waals surface area contributed by atoms with Crippen molar-refractivity contribution in [2.24, 2.45) is 0 Å². The van der Waals surface area contributed by atoms with Gasteiger partial charge < -0.3 is 20.3 Å². The summed E-state index contributed by atoms with van der Waals surface area (Å²) in [5.41, 5.74) is 9.98. The predicted octanol–water partition coefficient (Wildman–Crippen LogP) is 3.94. The average molecular weight is 389 g/mol. The summed E-state index contributed by atoms with van der Waals surface area (Å²) in [7, 11) is 1.33. The highest BCUT2D eigenvalue weighted by molar-refractivity contribution is 6.06. The molecule has 4 rings (SSSR count). The van der Waals surface area contributed by atoms with Gasteiger partial charge in [-0.1, -0.05) is 48.5 Å². The normalized spacial score (nSPS) is 12.2. The number of rotatable bonds is 5. The Bertz CT molecular complexity index is 1080. The molecular weight excluding hydrogens is 370 g/mol. The summed E-state index contributed by atoms with van der Waals surface area (Å²) in [4.78, 5) is 24.5. The number of hydrogen-bond donors (Lipinski definition) is 2. The number of nitrogens with two attached hydrogens (primary N) is 1. The van der Waals surface area contributed by atoms with Crippen LogP contribution >= 0.6 is 0 Å². The van der Waals surface area contributed by atoms with Gasteiger partial charge in [-0.25, -0.2) is 9.59 Å². The highest BCUT2D eigenvalue weighted by Gasteiger charge is 2.31. The quantitative estimate of drug-likeness (QED) is 0.506. The molecule has 0 atom stereocenters. The van der Waals surface area contributed by atoms with Crippen molar-refractivity contribution in [2.75, 3.05) is 19.5 Å². The summed E-state index contributed by atoms with van der Waals surface area (Å²) in [5, 5.41) is 9.46. The van der Waals surface area contributed by atoms with Crippen LogP contribution < -0.4 is 10.5 Å². The van der Waals surface area contributed by atoms with E-state index < -0.39 is 11.9 Å². The van der Waals surface area contributed by atoms with Gasteiger partial charge in [-0.15, -0.1) is 0 Å². The zero-order chi connectivity index (χ0) is 20.5. The predicted molar refractivity (Wildman–Crippen MR) is 108 cm³/mol. The third kappa shape index (κ3) is 3.08. The van der Waals surface area contributed by atoms with Gasteiger partial charge in [0.15, 0.2) is 5.75 Å². The van der Waals surface area contributed by atoms with Gasteiger partial charge in [0.25, 0.3) is 0 Å². The Labute approximate surface area is 167 Å². The molecule has 0 radical (unpaired) electrons. The third-order valence-corrected chi connectivity index (χ3v) is 5.17. The summed E-state index contributed by atoms with van der Waals surface area (Å²) in [6, 6.07) is 18.6. The molecule has 0 heterocycles. The van der Waals surface area contributed by atoms with Crippen LogP contribution in [0.4, 0.5) is 5.69 Å². The number of aromatic carboxylic acids is 1. The number of carboxylic acids is 1. The molecule has 29 heavy (non-hydrogen) atoms. The first-order valence-corrected chi connectivity index (χ1v) is 9.08. The lowest BCUT2D eigenvalue weighted by Gasteiger charge is -2.17. The van der Waals surface area contributed by atoms with E-state index >= 15 is 0 Å². The van der Waals surface area contributed by atoms with Crippen LogP contribution in [0.15, 0.2) is 60.7 Å². The molecule has 0 unspecified atom stereocenters. The number of carbonyl (C=O) groups is 2. The lowest BCUT2D eigenvalue weighted by Crippen LogP contribution is -2.17. The van der Waals surface area contributed by atoms with E-state index in [0.29, 0.717) is 0 Å². The van der Waals surface area contributed by atoms with Crippen LogP contribution in [0.5, 0.6) is 5.75 Å². The lowest BCUT2D eigenvalue weighted by atomic mass is 9.98. The monoisotopic (exact) mass is 389 g/mol. The fraction of sp³-hybridized carbons (Fsp3) is 0.130. The van der Waals surface area contributed by atoms with Crippen molar-refractivity contribution >= 4 is 17.6 Å². The van der Waals surface area contributed by atoms with Crippen LogP contribution in [0, 0.1) is 0 Å². The lowest BCUT2D eigenvalue weighted by molar-refractivity contribution is 0.0479. The van der Waals surface area contributed by atoms with Crippen LogP contribution in [0.25, 0.3) is 11.1 Å². The number of esters is 1. The second-order valence-electron chi connectivity index (χ2n) is 6.74. The molecule has 0 bridgehead atoms. The number of carboxylic acid groups (broad SMARTS) is 1. The Kier molecular flexibility index (Phi) is 4.68. The van der Waals surface area contributed by atoms with E-state index in [1.54, 1.807) is 0 Å².